The van der Waals surface area contributed by atoms with Crippen LogP contribution in [-0.4, -0.2) is 33.7 Å². The highest BCUT2D eigenvalue weighted by Gasteiger charge is 2.18. The van der Waals surface area contributed by atoms with Crippen LogP contribution in [0.1, 0.15) is 57.1 Å². The molecule has 2 atom stereocenters. The fourth-order valence-electron chi connectivity index (χ4n) is 3.77. The molecular formula is C21H35N3O2S. The summed E-state index contributed by atoms with van der Waals surface area (Å²) in [5, 5.41) is 6.76. The van der Waals surface area contributed by atoms with Gasteiger partial charge in [0, 0.05) is 19.3 Å². The van der Waals surface area contributed by atoms with E-state index in [0.717, 1.165) is 42.0 Å². The Kier molecular flexibility index (Phi) is 8.61. The van der Waals surface area contributed by atoms with E-state index in [9.17, 15) is 8.42 Å². The molecule has 1 aromatic carbocycles. The quantitative estimate of drug-likeness (QED) is 0.524. The fraction of sp³-hybridized carbons (Fsp3) is 0.667. The summed E-state index contributed by atoms with van der Waals surface area (Å²) < 4.78 is 22.7. The number of hydrogen-bond donors (Lipinski definition) is 2. The van der Waals surface area contributed by atoms with Gasteiger partial charge in [0.05, 0.1) is 12.3 Å². The van der Waals surface area contributed by atoms with Gasteiger partial charge in [-0.2, -0.15) is 0 Å². The van der Waals surface area contributed by atoms with E-state index < -0.39 is 9.84 Å². The zero-order chi connectivity index (χ0) is 19.7. The van der Waals surface area contributed by atoms with E-state index in [-0.39, 0.29) is 5.75 Å². The number of hydrogen-bond acceptors (Lipinski definition) is 3. The standard InChI is InChI=1S/C21H35N3O2S/c1-4-22-21(23-13-12-18-7-5-6-17(2)14-18)24-15-19-8-10-20(11-9-19)16-27(3,25)26/h8-11,17-18H,4-7,12-16H2,1-3H3,(H2,22,23,24). The molecule has 0 spiro atoms. The third-order valence-electron chi connectivity index (χ3n) is 5.11. The number of benzene rings is 1. The Morgan fingerprint density at radius 3 is 2.48 bits per heavy atom. The van der Waals surface area contributed by atoms with Gasteiger partial charge in [0.25, 0.3) is 0 Å². The zero-order valence-electron chi connectivity index (χ0n) is 17.0. The van der Waals surface area contributed by atoms with Gasteiger partial charge in [0.2, 0.25) is 0 Å². The molecule has 1 aromatic rings. The predicted molar refractivity (Wildman–Crippen MR) is 114 cm³/mol. The molecule has 2 unspecified atom stereocenters. The zero-order valence-corrected chi connectivity index (χ0v) is 17.8. The minimum Gasteiger partial charge on any atom is -0.357 e. The summed E-state index contributed by atoms with van der Waals surface area (Å²) in [6.07, 6.45) is 7.93. The molecule has 27 heavy (non-hydrogen) atoms. The highest BCUT2D eigenvalue weighted by molar-refractivity contribution is 7.89. The van der Waals surface area contributed by atoms with Crippen molar-refractivity contribution in [1.29, 1.82) is 0 Å². The average molecular weight is 394 g/mol. The molecule has 0 saturated heterocycles. The van der Waals surface area contributed by atoms with Crippen LogP contribution < -0.4 is 10.6 Å². The normalized spacial score (nSPS) is 21.1. The molecule has 0 aliphatic heterocycles. The minimum absolute atomic E-state index is 0.0839. The van der Waals surface area contributed by atoms with Crippen LogP contribution in [-0.2, 0) is 22.1 Å². The topological polar surface area (TPSA) is 70.6 Å². The average Bonchev–Trinajstić information content (AvgIpc) is 2.60. The first kappa shape index (κ1) is 21.7. The van der Waals surface area contributed by atoms with Crippen molar-refractivity contribution in [1.82, 2.24) is 10.6 Å². The summed E-state index contributed by atoms with van der Waals surface area (Å²) in [5.74, 6) is 2.64. The number of guanidine groups is 1. The SMILES string of the molecule is CCNC(=NCc1ccc(CS(C)(=O)=O)cc1)NCCC1CCCC(C)C1. The van der Waals surface area contributed by atoms with Crippen LogP contribution >= 0.6 is 0 Å². The van der Waals surface area contributed by atoms with Crippen molar-refractivity contribution < 1.29 is 8.42 Å². The summed E-state index contributed by atoms with van der Waals surface area (Å²) in [6.45, 7) is 6.80. The Balaban J connectivity index is 1.83. The lowest BCUT2D eigenvalue weighted by atomic mass is 9.81. The number of sulfone groups is 1. The first-order valence-corrected chi connectivity index (χ1v) is 12.2. The van der Waals surface area contributed by atoms with Crippen LogP contribution in [0, 0.1) is 11.8 Å². The molecule has 1 aliphatic carbocycles. The van der Waals surface area contributed by atoms with Crippen LogP contribution in [0.5, 0.6) is 0 Å². The number of aliphatic imine (C=N–C) groups is 1. The van der Waals surface area contributed by atoms with Crippen molar-refractivity contribution in [3.05, 3.63) is 35.4 Å². The molecule has 1 aliphatic rings. The van der Waals surface area contributed by atoms with Crippen molar-refractivity contribution in [2.24, 2.45) is 16.8 Å². The summed E-state index contributed by atoms with van der Waals surface area (Å²) in [4.78, 5) is 4.66. The second-order valence-corrected chi connectivity index (χ2v) is 10.1. The molecule has 0 aromatic heterocycles. The summed E-state index contributed by atoms with van der Waals surface area (Å²) in [5.41, 5.74) is 1.89. The van der Waals surface area contributed by atoms with Crippen molar-refractivity contribution >= 4 is 15.8 Å². The smallest absolute Gasteiger partial charge is 0.191 e. The second-order valence-electron chi connectivity index (χ2n) is 7.94. The van der Waals surface area contributed by atoms with Gasteiger partial charge < -0.3 is 10.6 Å². The van der Waals surface area contributed by atoms with Crippen molar-refractivity contribution in [2.75, 3.05) is 19.3 Å². The summed E-state index contributed by atoms with van der Waals surface area (Å²) in [7, 11) is -2.99. The van der Waals surface area contributed by atoms with Crippen LogP contribution in [0.2, 0.25) is 0 Å². The predicted octanol–water partition coefficient (Wildman–Crippen LogP) is 3.50. The number of rotatable bonds is 8. The van der Waals surface area contributed by atoms with E-state index in [0.29, 0.717) is 6.54 Å². The van der Waals surface area contributed by atoms with Crippen LogP contribution in [0.3, 0.4) is 0 Å². The Hall–Kier alpha value is -1.56. The maximum atomic E-state index is 11.4. The minimum atomic E-state index is -2.99. The van der Waals surface area contributed by atoms with Crippen LogP contribution in [0.15, 0.2) is 29.3 Å². The van der Waals surface area contributed by atoms with E-state index in [2.05, 4.69) is 29.5 Å². The Morgan fingerprint density at radius 2 is 1.85 bits per heavy atom. The van der Waals surface area contributed by atoms with Gasteiger partial charge in [-0.1, -0.05) is 50.5 Å². The molecule has 152 valence electrons. The number of nitrogens with one attached hydrogen (secondary N) is 2. The van der Waals surface area contributed by atoms with Gasteiger partial charge in [0.15, 0.2) is 15.8 Å². The van der Waals surface area contributed by atoms with E-state index in [4.69, 9.17) is 0 Å². The highest BCUT2D eigenvalue weighted by Crippen LogP contribution is 2.30. The van der Waals surface area contributed by atoms with Crippen molar-refractivity contribution in [3.8, 4) is 0 Å². The van der Waals surface area contributed by atoms with E-state index in [1.165, 1.54) is 38.4 Å². The molecule has 0 heterocycles. The molecule has 0 radical (unpaired) electrons. The van der Waals surface area contributed by atoms with Gasteiger partial charge in [-0.05, 0) is 42.7 Å². The monoisotopic (exact) mass is 393 g/mol. The Bertz CT molecular complexity index is 699. The van der Waals surface area contributed by atoms with Crippen LogP contribution in [0.25, 0.3) is 0 Å². The van der Waals surface area contributed by atoms with Gasteiger partial charge in [-0.15, -0.1) is 0 Å². The van der Waals surface area contributed by atoms with Gasteiger partial charge >= 0.3 is 0 Å². The third kappa shape index (κ3) is 8.78. The molecule has 6 heteroatoms. The summed E-state index contributed by atoms with van der Waals surface area (Å²) >= 11 is 0. The Morgan fingerprint density at radius 1 is 1.15 bits per heavy atom. The van der Waals surface area contributed by atoms with Gasteiger partial charge in [-0.3, -0.25) is 0 Å². The lowest BCUT2D eigenvalue weighted by molar-refractivity contribution is 0.270. The molecule has 0 amide bonds. The molecule has 2 N–H and O–H groups in total. The van der Waals surface area contributed by atoms with Gasteiger partial charge in [0.1, 0.15) is 0 Å². The molecule has 2 rings (SSSR count). The lowest BCUT2D eigenvalue weighted by Crippen LogP contribution is -2.38. The first-order chi connectivity index (χ1) is 12.9. The first-order valence-electron chi connectivity index (χ1n) is 10.1. The molecule has 0 bridgehead atoms. The van der Waals surface area contributed by atoms with E-state index in [1.54, 1.807) is 0 Å². The Labute approximate surface area is 165 Å². The maximum absolute atomic E-state index is 11.4. The van der Waals surface area contributed by atoms with E-state index in [1.807, 2.05) is 24.3 Å². The number of nitrogens with zero attached hydrogens (tertiary/aromatic N) is 1. The fourth-order valence-corrected chi connectivity index (χ4v) is 4.57. The second kappa shape index (κ2) is 10.7. The van der Waals surface area contributed by atoms with Crippen molar-refractivity contribution in [3.63, 3.8) is 0 Å². The van der Waals surface area contributed by atoms with Crippen LogP contribution in [0.4, 0.5) is 0 Å². The maximum Gasteiger partial charge on any atom is 0.191 e. The van der Waals surface area contributed by atoms with Crippen molar-refractivity contribution in [2.45, 2.75) is 58.2 Å². The lowest BCUT2D eigenvalue weighted by Gasteiger charge is -2.26. The largest absolute Gasteiger partial charge is 0.357 e. The third-order valence-corrected chi connectivity index (χ3v) is 5.96. The molecule has 1 fully saturated rings. The van der Waals surface area contributed by atoms with E-state index >= 15 is 0 Å². The summed E-state index contributed by atoms with van der Waals surface area (Å²) in [6, 6.07) is 7.65. The molecule has 5 nitrogen and oxygen atoms in total. The highest BCUT2D eigenvalue weighted by atomic mass is 32.2. The molecular weight excluding hydrogens is 358 g/mol. The molecule has 1 saturated carbocycles. The van der Waals surface area contributed by atoms with Gasteiger partial charge in [-0.25, -0.2) is 13.4 Å².